The first-order valence-corrected chi connectivity index (χ1v) is 8.57. The van der Waals surface area contributed by atoms with Gasteiger partial charge in [-0.1, -0.05) is 30.3 Å². The molecule has 0 unspecified atom stereocenters. The highest BCUT2D eigenvalue weighted by Gasteiger charge is 2.30. The number of benzene rings is 1. The summed E-state index contributed by atoms with van der Waals surface area (Å²) in [7, 11) is 0. The summed E-state index contributed by atoms with van der Waals surface area (Å²) in [5.74, 6) is -0.487. The largest absolute Gasteiger partial charge is 0.445 e. The number of hydrogen-bond donors (Lipinski definition) is 3. The van der Waals surface area contributed by atoms with E-state index in [1.165, 1.54) is 0 Å². The van der Waals surface area contributed by atoms with E-state index in [1.807, 2.05) is 24.3 Å². The highest BCUT2D eigenvalue weighted by atomic mass is 16.6. The number of nitrogens with two attached hydrogens (primary N) is 1. The number of ether oxygens (including phenoxy) is 1. The molecular weight excluding hydrogens is 336 g/mol. The number of unbranched alkanes of at least 4 members (excludes halogenated alkanes) is 1. The van der Waals surface area contributed by atoms with Crippen LogP contribution in [0.3, 0.4) is 0 Å². The van der Waals surface area contributed by atoms with E-state index in [-0.39, 0.29) is 19.6 Å². The predicted octanol–water partition coefficient (Wildman–Crippen LogP) is 0.755. The van der Waals surface area contributed by atoms with Gasteiger partial charge in [0, 0.05) is 13.1 Å². The third-order valence-corrected chi connectivity index (χ3v) is 3.69. The molecule has 0 aromatic heterocycles. The number of nitrogens with one attached hydrogen (secondary N) is 1. The number of nitrogens with zero attached hydrogens (tertiary/aromatic N) is 2. The Morgan fingerprint density at radius 1 is 1.31 bits per heavy atom. The van der Waals surface area contributed by atoms with Gasteiger partial charge in [-0.15, -0.1) is 0 Å². The number of carbonyl (C=O) groups excluding carboxylic acids is 2. The maximum atomic E-state index is 12.4. The zero-order valence-electron chi connectivity index (χ0n) is 14.8. The SMILES string of the molecule is N#CCCN(C(=O)OCc1ccccc1)[C@@H](CO)C(=O)NCCCCN. The second-order valence-electron chi connectivity index (χ2n) is 5.63. The second-order valence-corrected chi connectivity index (χ2v) is 5.63. The Hall–Kier alpha value is -2.63. The van der Waals surface area contributed by atoms with Crippen LogP contribution in [0.15, 0.2) is 30.3 Å². The summed E-state index contributed by atoms with van der Waals surface area (Å²) in [4.78, 5) is 25.8. The molecule has 8 nitrogen and oxygen atoms in total. The van der Waals surface area contributed by atoms with Crippen molar-refractivity contribution in [1.29, 1.82) is 5.26 Å². The van der Waals surface area contributed by atoms with E-state index >= 15 is 0 Å². The van der Waals surface area contributed by atoms with Gasteiger partial charge in [0.15, 0.2) is 0 Å². The Morgan fingerprint density at radius 2 is 2.04 bits per heavy atom. The number of hydrogen-bond acceptors (Lipinski definition) is 6. The van der Waals surface area contributed by atoms with E-state index in [4.69, 9.17) is 15.7 Å². The highest BCUT2D eigenvalue weighted by Crippen LogP contribution is 2.08. The molecule has 0 heterocycles. The molecule has 2 amide bonds. The van der Waals surface area contributed by atoms with E-state index < -0.39 is 24.6 Å². The lowest BCUT2D eigenvalue weighted by molar-refractivity contribution is -0.127. The number of carbonyl (C=O) groups is 2. The molecule has 26 heavy (non-hydrogen) atoms. The van der Waals surface area contributed by atoms with Crippen LogP contribution in [0.2, 0.25) is 0 Å². The summed E-state index contributed by atoms with van der Waals surface area (Å²) < 4.78 is 5.23. The molecule has 0 bridgehead atoms. The summed E-state index contributed by atoms with van der Waals surface area (Å²) in [6.07, 6.45) is 0.746. The van der Waals surface area contributed by atoms with Gasteiger partial charge in [0.2, 0.25) is 5.91 Å². The number of rotatable bonds is 11. The Balaban J connectivity index is 2.69. The van der Waals surface area contributed by atoms with Crippen molar-refractivity contribution in [3.8, 4) is 6.07 Å². The molecule has 0 aliphatic heterocycles. The molecule has 0 spiro atoms. The summed E-state index contributed by atoms with van der Waals surface area (Å²) in [5, 5.41) is 21.1. The fourth-order valence-electron chi connectivity index (χ4n) is 2.27. The standard InChI is InChI=1S/C18H26N4O4/c19-9-4-5-11-21-17(24)16(13-23)22(12-6-10-20)18(25)26-14-15-7-2-1-3-8-15/h1-3,7-8,16,23H,4-6,9,11-14,19H2,(H,21,24)/t16-/m0/s1. The molecule has 1 rings (SSSR count). The molecule has 0 aliphatic rings. The van der Waals surface area contributed by atoms with Crippen LogP contribution in [0.4, 0.5) is 4.79 Å². The normalized spacial score (nSPS) is 11.3. The molecule has 0 radical (unpaired) electrons. The average molecular weight is 362 g/mol. The van der Waals surface area contributed by atoms with Crippen molar-refractivity contribution < 1.29 is 19.4 Å². The zero-order valence-corrected chi connectivity index (χ0v) is 14.8. The number of amides is 2. The maximum Gasteiger partial charge on any atom is 0.410 e. The smallest absolute Gasteiger partial charge is 0.410 e. The average Bonchev–Trinajstić information content (AvgIpc) is 2.67. The fraction of sp³-hybridized carbons (Fsp3) is 0.500. The van der Waals surface area contributed by atoms with Gasteiger partial charge in [-0.05, 0) is 24.9 Å². The van der Waals surface area contributed by atoms with Crippen molar-refractivity contribution in [2.75, 3.05) is 26.2 Å². The fourth-order valence-corrected chi connectivity index (χ4v) is 2.27. The summed E-state index contributed by atoms with van der Waals surface area (Å²) in [6, 6.07) is 9.92. The minimum Gasteiger partial charge on any atom is -0.445 e. The Kier molecular flexibility index (Phi) is 10.5. The first kappa shape index (κ1) is 21.4. The minimum atomic E-state index is -1.11. The van der Waals surface area contributed by atoms with Crippen molar-refractivity contribution in [1.82, 2.24) is 10.2 Å². The van der Waals surface area contributed by atoms with Crippen molar-refractivity contribution in [2.24, 2.45) is 5.73 Å². The monoisotopic (exact) mass is 362 g/mol. The summed E-state index contributed by atoms with van der Waals surface area (Å²) in [6.45, 7) is 0.399. The topological polar surface area (TPSA) is 129 Å². The maximum absolute atomic E-state index is 12.4. The predicted molar refractivity (Wildman–Crippen MR) is 95.7 cm³/mol. The molecular formula is C18H26N4O4. The van der Waals surface area contributed by atoms with E-state index in [9.17, 15) is 14.7 Å². The number of aliphatic hydroxyl groups excluding tert-OH is 1. The highest BCUT2D eigenvalue weighted by molar-refractivity contribution is 5.85. The molecule has 1 aromatic carbocycles. The van der Waals surface area contributed by atoms with Crippen molar-refractivity contribution >= 4 is 12.0 Å². The lowest BCUT2D eigenvalue weighted by atomic mass is 10.2. The lowest BCUT2D eigenvalue weighted by Gasteiger charge is -2.28. The van der Waals surface area contributed by atoms with Gasteiger partial charge in [0.05, 0.1) is 19.1 Å². The third kappa shape index (κ3) is 7.51. The Labute approximate surface area is 153 Å². The molecule has 0 saturated heterocycles. The van der Waals surface area contributed by atoms with E-state index in [0.29, 0.717) is 19.5 Å². The van der Waals surface area contributed by atoms with Gasteiger partial charge < -0.3 is 20.9 Å². The van der Waals surface area contributed by atoms with Gasteiger partial charge >= 0.3 is 6.09 Å². The van der Waals surface area contributed by atoms with Crippen LogP contribution >= 0.6 is 0 Å². The first-order valence-electron chi connectivity index (χ1n) is 8.57. The van der Waals surface area contributed by atoms with Gasteiger partial charge in [0.25, 0.3) is 0 Å². The van der Waals surface area contributed by atoms with Crippen molar-refractivity contribution in [2.45, 2.75) is 31.9 Å². The second kappa shape index (κ2) is 12.7. The third-order valence-electron chi connectivity index (χ3n) is 3.69. The van der Waals surface area contributed by atoms with Crippen molar-refractivity contribution in [3.63, 3.8) is 0 Å². The lowest BCUT2D eigenvalue weighted by Crippen LogP contribution is -2.52. The van der Waals surface area contributed by atoms with E-state index in [2.05, 4.69) is 5.32 Å². The van der Waals surface area contributed by atoms with E-state index in [1.54, 1.807) is 12.1 Å². The van der Waals surface area contributed by atoms with E-state index in [0.717, 1.165) is 16.9 Å². The number of aliphatic hydroxyl groups is 1. The molecule has 0 saturated carbocycles. The van der Waals surface area contributed by atoms with Crippen LogP contribution in [0.1, 0.15) is 24.8 Å². The van der Waals surface area contributed by atoms with Crippen LogP contribution < -0.4 is 11.1 Å². The van der Waals surface area contributed by atoms with Gasteiger partial charge in [-0.3, -0.25) is 9.69 Å². The molecule has 142 valence electrons. The van der Waals surface area contributed by atoms with Gasteiger partial charge in [-0.25, -0.2) is 4.79 Å². The quantitative estimate of drug-likeness (QED) is 0.498. The zero-order chi connectivity index (χ0) is 19.2. The summed E-state index contributed by atoms with van der Waals surface area (Å²) in [5.41, 5.74) is 6.20. The minimum absolute atomic E-state index is 0.00836. The molecule has 8 heteroatoms. The van der Waals surface area contributed by atoms with Gasteiger partial charge in [-0.2, -0.15) is 5.26 Å². The summed E-state index contributed by atoms with van der Waals surface area (Å²) >= 11 is 0. The molecule has 0 fully saturated rings. The molecule has 4 N–H and O–H groups in total. The molecule has 1 aromatic rings. The molecule has 0 aliphatic carbocycles. The van der Waals surface area contributed by atoms with Crippen LogP contribution in [-0.2, 0) is 16.1 Å². The first-order chi connectivity index (χ1) is 12.6. The van der Waals surface area contributed by atoms with Crippen LogP contribution in [0.25, 0.3) is 0 Å². The number of nitriles is 1. The van der Waals surface area contributed by atoms with Crippen molar-refractivity contribution in [3.05, 3.63) is 35.9 Å². The Bertz CT molecular complexity index is 589. The van der Waals surface area contributed by atoms with Crippen LogP contribution in [-0.4, -0.2) is 54.3 Å². The Morgan fingerprint density at radius 3 is 2.65 bits per heavy atom. The van der Waals surface area contributed by atoms with Crippen LogP contribution in [0.5, 0.6) is 0 Å². The molecule has 1 atom stereocenters. The van der Waals surface area contributed by atoms with Gasteiger partial charge in [0.1, 0.15) is 12.6 Å². The van der Waals surface area contributed by atoms with Crippen LogP contribution in [0, 0.1) is 11.3 Å².